The van der Waals surface area contributed by atoms with Gasteiger partial charge in [0.1, 0.15) is 5.75 Å². The lowest BCUT2D eigenvalue weighted by Gasteiger charge is -2.11. The molecule has 2 aromatic carbocycles. The average molecular weight is 369 g/mol. The van der Waals surface area contributed by atoms with Crippen LogP contribution in [0.2, 0.25) is 0 Å². The van der Waals surface area contributed by atoms with Gasteiger partial charge in [-0.05, 0) is 48.2 Å². The van der Waals surface area contributed by atoms with Crippen molar-refractivity contribution in [1.82, 2.24) is 5.32 Å². The Labute approximate surface area is 158 Å². The molecule has 0 aliphatic heterocycles. The van der Waals surface area contributed by atoms with E-state index in [9.17, 15) is 9.59 Å². The molecule has 0 saturated carbocycles. The molecule has 0 fully saturated rings. The summed E-state index contributed by atoms with van der Waals surface area (Å²) in [5, 5.41) is 2.83. The predicted molar refractivity (Wildman–Crippen MR) is 101 cm³/mol. The molecule has 0 heterocycles. The number of Topliss-reactive ketones (excluding diaryl/α,β-unsaturated/α-hetero) is 1. The summed E-state index contributed by atoms with van der Waals surface area (Å²) >= 11 is 0. The molecule has 1 N–H and O–H groups in total. The molecule has 0 bridgehead atoms. The summed E-state index contributed by atoms with van der Waals surface area (Å²) in [7, 11) is 3.18. The molecule has 6 nitrogen and oxygen atoms in total. The van der Waals surface area contributed by atoms with E-state index < -0.39 is 0 Å². The molecule has 0 aromatic heterocycles. The summed E-state index contributed by atoms with van der Waals surface area (Å²) < 4.78 is 16.0. The van der Waals surface area contributed by atoms with Crippen LogP contribution in [0.4, 0.5) is 0 Å². The third kappa shape index (κ3) is 4.58. The molecule has 27 heavy (non-hydrogen) atoms. The van der Waals surface area contributed by atoms with Gasteiger partial charge in [0.2, 0.25) is 0 Å². The molecule has 0 radical (unpaired) electrons. The SMILES string of the molecule is COc1ccc(CCNC(=O)COc2ccc3c(c2)C(=O)CC3)cc1OC. The van der Waals surface area contributed by atoms with Crippen LogP contribution in [-0.4, -0.2) is 39.1 Å². The van der Waals surface area contributed by atoms with Crippen LogP contribution >= 0.6 is 0 Å². The van der Waals surface area contributed by atoms with Gasteiger partial charge in [-0.1, -0.05) is 12.1 Å². The number of ether oxygens (including phenoxy) is 3. The number of hydrogen-bond donors (Lipinski definition) is 1. The fourth-order valence-corrected chi connectivity index (χ4v) is 3.09. The van der Waals surface area contributed by atoms with Crippen molar-refractivity contribution in [2.45, 2.75) is 19.3 Å². The standard InChI is InChI=1S/C21H23NO5/c1-25-19-8-3-14(11-20(19)26-2)9-10-22-21(24)13-27-16-6-4-15-5-7-18(23)17(15)12-16/h3-4,6,8,11-12H,5,7,9-10,13H2,1-2H3,(H,22,24). The highest BCUT2D eigenvalue weighted by Gasteiger charge is 2.19. The van der Waals surface area contributed by atoms with Crippen LogP contribution in [-0.2, 0) is 17.6 Å². The fraction of sp³-hybridized carbons (Fsp3) is 0.333. The Morgan fingerprint density at radius 2 is 1.85 bits per heavy atom. The van der Waals surface area contributed by atoms with Crippen LogP contribution in [0, 0.1) is 0 Å². The van der Waals surface area contributed by atoms with Crippen LogP contribution in [0.3, 0.4) is 0 Å². The summed E-state index contributed by atoms with van der Waals surface area (Å²) in [5.41, 5.74) is 2.79. The highest BCUT2D eigenvalue weighted by atomic mass is 16.5. The molecule has 0 saturated heterocycles. The molecule has 6 heteroatoms. The van der Waals surface area contributed by atoms with E-state index in [4.69, 9.17) is 14.2 Å². The van der Waals surface area contributed by atoms with Gasteiger partial charge in [-0.25, -0.2) is 0 Å². The van der Waals surface area contributed by atoms with Gasteiger partial charge in [-0.2, -0.15) is 0 Å². The van der Waals surface area contributed by atoms with Gasteiger partial charge < -0.3 is 19.5 Å². The fourth-order valence-electron chi connectivity index (χ4n) is 3.09. The number of hydrogen-bond acceptors (Lipinski definition) is 5. The lowest BCUT2D eigenvalue weighted by molar-refractivity contribution is -0.123. The smallest absolute Gasteiger partial charge is 0.257 e. The largest absolute Gasteiger partial charge is 0.493 e. The molecule has 0 unspecified atom stereocenters. The zero-order valence-electron chi connectivity index (χ0n) is 15.5. The summed E-state index contributed by atoms with van der Waals surface area (Å²) in [5.74, 6) is 1.80. The first-order valence-electron chi connectivity index (χ1n) is 8.87. The summed E-state index contributed by atoms with van der Waals surface area (Å²) in [6.07, 6.45) is 2.00. The quantitative estimate of drug-likeness (QED) is 0.774. The van der Waals surface area contributed by atoms with Crippen LogP contribution in [0.5, 0.6) is 17.2 Å². The molecule has 3 rings (SSSR count). The normalized spacial score (nSPS) is 12.4. The first kappa shape index (κ1) is 18.8. The van der Waals surface area contributed by atoms with Crippen molar-refractivity contribution in [3.05, 3.63) is 53.1 Å². The van der Waals surface area contributed by atoms with E-state index in [0.29, 0.717) is 42.2 Å². The Morgan fingerprint density at radius 3 is 2.63 bits per heavy atom. The molecule has 1 amide bonds. The van der Waals surface area contributed by atoms with Gasteiger partial charge in [0.05, 0.1) is 14.2 Å². The van der Waals surface area contributed by atoms with Crippen LogP contribution in [0.15, 0.2) is 36.4 Å². The number of aryl methyl sites for hydroxylation is 1. The molecule has 142 valence electrons. The van der Waals surface area contributed by atoms with Crippen molar-refractivity contribution < 1.29 is 23.8 Å². The minimum atomic E-state index is -0.206. The Hall–Kier alpha value is -3.02. The lowest BCUT2D eigenvalue weighted by Crippen LogP contribution is -2.30. The molecule has 0 spiro atoms. The number of fused-ring (bicyclic) bond motifs is 1. The second kappa shape index (κ2) is 8.58. The molecule has 0 atom stereocenters. The first-order chi connectivity index (χ1) is 13.1. The summed E-state index contributed by atoms with van der Waals surface area (Å²) in [6, 6.07) is 11.1. The Balaban J connectivity index is 1.45. The van der Waals surface area contributed by atoms with Gasteiger partial charge in [0.25, 0.3) is 5.91 Å². The zero-order chi connectivity index (χ0) is 19.2. The third-order valence-corrected chi connectivity index (χ3v) is 4.56. The van der Waals surface area contributed by atoms with E-state index in [1.165, 1.54) is 0 Å². The number of rotatable bonds is 8. The molecule has 1 aliphatic carbocycles. The van der Waals surface area contributed by atoms with Gasteiger partial charge in [0.15, 0.2) is 23.9 Å². The number of benzene rings is 2. The van der Waals surface area contributed by atoms with Crippen molar-refractivity contribution in [1.29, 1.82) is 0 Å². The van der Waals surface area contributed by atoms with E-state index >= 15 is 0 Å². The topological polar surface area (TPSA) is 73.9 Å². The van der Waals surface area contributed by atoms with E-state index in [1.807, 2.05) is 24.3 Å². The summed E-state index contributed by atoms with van der Waals surface area (Å²) in [6.45, 7) is 0.402. The number of nitrogens with one attached hydrogen (secondary N) is 1. The Morgan fingerprint density at radius 1 is 1.04 bits per heavy atom. The maximum absolute atomic E-state index is 12.0. The summed E-state index contributed by atoms with van der Waals surface area (Å²) in [4.78, 5) is 23.7. The highest BCUT2D eigenvalue weighted by molar-refractivity contribution is 6.00. The van der Waals surface area contributed by atoms with E-state index in [-0.39, 0.29) is 18.3 Å². The Kier molecular flexibility index (Phi) is 5.96. The molecule has 2 aromatic rings. The average Bonchev–Trinajstić information content (AvgIpc) is 3.06. The number of ketones is 1. The number of carbonyl (C=O) groups excluding carboxylic acids is 2. The van der Waals surface area contributed by atoms with Gasteiger partial charge in [0, 0.05) is 18.5 Å². The molecular formula is C21H23NO5. The minimum Gasteiger partial charge on any atom is -0.493 e. The second-order valence-electron chi connectivity index (χ2n) is 6.32. The maximum Gasteiger partial charge on any atom is 0.257 e. The van der Waals surface area contributed by atoms with E-state index in [1.54, 1.807) is 26.4 Å². The van der Waals surface area contributed by atoms with Crippen molar-refractivity contribution in [2.24, 2.45) is 0 Å². The molecular weight excluding hydrogens is 346 g/mol. The van der Waals surface area contributed by atoms with Crippen molar-refractivity contribution in [3.63, 3.8) is 0 Å². The zero-order valence-corrected chi connectivity index (χ0v) is 15.5. The van der Waals surface area contributed by atoms with Crippen molar-refractivity contribution in [2.75, 3.05) is 27.4 Å². The Bertz CT molecular complexity index is 846. The van der Waals surface area contributed by atoms with Crippen molar-refractivity contribution >= 4 is 11.7 Å². The van der Waals surface area contributed by atoms with Gasteiger partial charge in [-0.3, -0.25) is 9.59 Å². The minimum absolute atomic E-state index is 0.0844. The lowest BCUT2D eigenvalue weighted by atomic mass is 10.1. The first-order valence-corrected chi connectivity index (χ1v) is 8.87. The number of amides is 1. The van der Waals surface area contributed by atoms with E-state index in [2.05, 4.69) is 5.32 Å². The predicted octanol–water partition coefficient (Wildman–Crippen LogP) is 2.57. The maximum atomic E-state index is 12.0. The van der Waals surface area contributed by atoms with Crippen LogP contribution in [0.25, 0.3) is 0 Å². The molecule has 1 aliphatic rings. The number of methoxy groups -OCH3 is 2. The van der Waals surface area contributed by atoms with Crippen molar-refractivity contribution in [3.8, 4) is 17.2 Å². The second-order valence-corrected chi connectivity index (χ2v) is 6.32. The van der Waals surface area contributed by atoms with E-state index in [0.717, 1.165) is 17.5 Å². The third-order valence-electron chi connectivity index (χ3n) is 4.56. The van der Waals surface area contributed by atoms with Crippen LogP contribution < -0.4 is 19.5 Å². The number of carbonyl (C=O) groups is 2. The highest BCUT2D eigenvalue weighted by Crippen LogP contribution is 2.28. The monoisotopic (exact) mass is 369 g/mol. The van der Waals surface area contributed by atoms with Gasteiger partial charge >= 0.3 is 0 Å². The van der Waals surface area contributed by atoms with Gasteiger partial charge in [-0.15, -0.1) is 0 Å². The van der Waals surface area contributed by atoms with Crippen LogP contribution in [0.1, 0.15) is 27.9 Å².